The lowest BCUT2D eigenvalue weighted by Crippen LogP contribution is -2.09. The van der Waals surface area contributed by atoms with E-state index < -0.39 is 0 Å². The first-order valence-corrected chi connectivity index (χ1v) is 4.80. The minimum absolute atomic E-state index is 0.00116. The van der Waals surface area contributed by atoms with Crippen molar-refractivity contribution >= 4 is 23.8 Å². The van der Waals surface area contributed by atoms with Crippen LogP contribution < -0.4 is 0 Å². The van der Waals surface area contributed by atoms with Crippen molar-refractivity contribution < 1.29 is 0 Å². The number of rotatable bonds is 2. The third-order valence-electron chi connectivity index (χ3n) is 1.69. The smallest absolute Gasteiger partial charge is 0.233 e. The lowest BCUT2D eigenvalue weighted by atomic mass is 10.3. The molecule has 2 heterocycles. The maximum Gasteiger partial charge on any atom is 0.238 e. The van der Waals surface area contributed by atoms with Gasteiger partial charge in [-0.05, 0) is 30.7 Å². The summed E-state index contributed by atoms with van der Waals surface area (Å²) in [5, 5.41) is 15.8. The van der Waals surface area contributed by atoms with E-state index in [9.17, 15) is 0 Å². The van der Waals surface area contributed by atoms with Gasteiger partial charge in [0, 0.05) is 5.38 Å². The van der Waals surface area contributed by atoms with Gasteiger partial charge in [-0.15, -0.1) is 5.10 Å². The normalized spacial score (nSPS) is 13.0. The van der Waals surface area contributed by atoms with Gasteiger partial charge >= 0.3 is 0 Å². The molecule has 68 valence electrons. The largest absolute Gasteiger partial charge is 0.238 e. The standard InChI is InChI=1S/C5H6N6S2/c1-3(4-2-13-10-6-4)11-5(12)7-8-9-11/h2-3H,1H3,(H,7,9,12). The van der Waals surface area contributed by atoms with Gasteiger partial charge < -0.3 is 0 Å². The predicted molar refractivity (Wildman–Crippen MR) is 48.9 cm³/mol. The van der Waals surface area contributed by atoms with Crippen LogP contribution in [0.1, 0.15) is 18.7 Å². The number of aromatic amines is 1. The second-order valence-corrected chi connectivity index (χ2v) is 3.43. The Morgan fingerprint density at radius 2 is 2.46 bits per heavy atom. The number of nitrogens with zero attached hydrogens (tertiary/aromatic N) is 5. The summed E-state index contributed by atoms with van der Waals surface area (Å²) in [7, 11) is 0. The first-order chi connectivity index (χ1) is 6.29. The molecule has 8 heteroatoms. The Bertz CT molecular complexity index is 428. The average molecular weight is 214 g/mol. The summed E-state index contributed by atoms with van der Waals surface area (Å²) in [6.07, 6.45) is 0. The Balaban J connectivity index is 2.39. The molecule has 0 aliphatic carbocycles. The van der Waals surface area contributed by atoms with E-state index in [1.54, 1.807) is 4.68 Å². The van der Waals surface area contributed by atoms with E-state index in [-0.39, 0.29) is 6.04 Å². The van der Waals surface area contributed by atoms with Gasteiger partial charge in [0.15, 0.2) is 0 Å². The van der Waals surface area contributed by atoms with Crippen molar-refractivity contribution in [3.05, 3.63) is 15.8 Å². The monoisotopic (exact) mass is 214 g/mol. The summed E-state index contributed by atoms with van der Waals surface area (Å²) in [6.45, 7) is 1.95. The number of hydrogen-bond acceptors (Lipinski definition) is 6. The Kier molecular flexibility index (Phi) is 2.15. The molecule has 0 radical (unpaired) electrons. The number of aromatic nitrogens is 6. The van der Waals surface area contributed by atoms with Gasteiger partial charge in [0.05, 0.1) is 11.7 Å². The summed E-state index contributed by atoms with van der Waals surface area (Å²) in [5.74, 6) is 0. The molecule has 6 nitrogen and oxygen atoms in total. The Hall–Kier alpha value is -1.15. The Morgan fingerprint density at radius 1 is 1.62 bits per heavy atom. The summed E-state index contributed by atoms with van der Waals surface area (Å²) < 4.78 is 5.85. The van der Waals surface area contributed by atoms with Gasteiger partial charge in [0.1, 0.15) is 0 Å². The Morgan fingerprint density at radius 3 is 3.00 bits per heavy atom. The number of tetrazole rings is 1. The molecule has 1 N–H and O–H groups in total. The van der Waals surface area contributed by atoms with Crippen LogP contribution >= 0.6 is 23.8 Å². The fourth-order valence-electron chi connectivity index (χ4n) is 0.943. The van der Waals surface area contributed by atoms with Crippen molar-refractivity contribution in [3.63, 3.8) is 0 Å². The first kappa shape index (κ1) is 8.45. The second-order valence-electron chi connectivity index (χ2n) is 2.46. The van der Waals surface area contributed by atoms with Gasteiger partial charge in [-0.1, -0.05) is 14.8 Å². The van der Waals surface area contributed by atoms with Crippen molar-refractivity contribution in [2.45, 2.75) is 13.0 Å². The van der Waals surface area contributed by atoms with E-state index in [0.717, 1.165) is 5.69 Å². The highest BCUT2D eigenvalue weighted by molar-refractivity contribution is 7.71. The van der Waals surface area contributed by atoms with E-state index in [1.165, 1.54) is 11.5 Å². The summed E-state index contributed by atoms with van der Waals surface area (Å²) in [5.41, 5.74) is 0.854. The van der Waals surface area contributed by atoms with E-state index in [0.29, 0.717) is 4.77 Å². The quantitative estimate of drug-likeness (QED) is 0.748. The van der Waals surface area contributed by atoms with Crippen molar-refractivity contribution in [1.82, 2.24) is 29.8 Å². The molecule has 13 heavy (non-hydrogen) atoms. The summed E-state index contributed by atoms with van der Waals surface area (Å²) in [4.78, 5) is 0. The van der Waals surface area contributed by atoms with E-state index >= 15 is 0 Å². The second kappa shape index (κ2) is 3.30. The van der Waals surface area contributed by atoms with Gasteiger partial charge in [-0.25, -0.2) is 4.68 Å². The molecule has 0 aromatic carbocycles. The first-order valence-electron chi connectivity index (χ1n) is 3.55. The zero-order valence-corrected chi connectivity index (χ0v) is 8.34. The number of hydrogen-bond donors (Lipinski definition) is 1. The van der Waals surface area contributed by atoms with Gasteiger partial charge in [0.25, 0.3) is 0 Å². The molecular formula is C5H6N6S2. The summed E-state index contributed by atoms with van der Waals surface area (Å²) in [6, 6.07) is 0.00116. The predicted octanol–water partition coefficient (Wildman–Crippen LogP) is 0.796. The molecule has 0 spiro atoms. The fourth-order valence-corrected chi connectivity index (χ4v) is 1.72. The molecule has 1 unspecified atom stereocenters. The highest BCUT2D eigenvalue weighted by atomic mass is 32.1. The highest BCUT2D eigenvalue weighted by Gasteiger charge is 2.11. The minimum atomic E-state index is 0.00116. The molecule has 0 saturated heterocycles. The molecule has 0 fully saturated rings. The van der Waals surface area contributed by atoms with Crippen LogP contribution in [0.5, 0.6) is 0 Å². The molecular weight excluding hydrogens is 208 g/mol. The van der Waals surface area contributed by atoms with Gasteiger partial charge in [0.2, 0.25) is 4.77 Å². The third kappa shape index (κ3) is 1.49. The maximum atomic E-state index is 4.95. The molecule has 2 aromatic rings. The highest BCUT2D eigenvalue weighted by Crippen LogP contribution is 2.14. The van der Waals surface area contributed by atoms with Gasteiger partial charge in [-0.2, -0.15) is 5.21 Å². The molecule has 0 aliphatic rings. The zero-order chi connectivity index (χ0) is 9.26. The maximum absolute atomic E-state index is 4.95. The van der Waals surface area contributed by atoms with Crippen LogP contribution in [0, 0.1) is 4.77 Å². The van der Waals surface area contributed by atoms with E-state index in [4.69, 9.17) is 12.2 Å². The lowest BCUT2D eigenvalue weighted by molar-refractivity contribution is 0.525. The molecule has 0 bridgehead atoms. The van der Waals surface area contributed by atoms with Crippen LogP contribution in [-0.4, -0.2) is 29.8 Å². The molecule has 0 amide bonds. The number of H-pyrrole nitrogens is 1. The van der Waals surface area contributed by atoms with Crippen LogP contribution in [0.25, 0.3) is 0 Å². The van der Waals surface area contributed by atoms with Crippen LogP contribution in [0.4, 0.5) is 0 Å². The van der Waals surface area contributed by atoms with Crippen molar-refractivity contribution in [3.8, 4) is 0 Å². The lowest BCUT2D eigenvalue weighted by Gasteiger charge is -2.06. The van der Waals surface area contributed by atoms with Gasteiger partial charge in [-0.3, -0.25) is 0 Å². The fraction of sp³-hybridized carbons (Fsp3) is 0.400. The zero-order valence-electron chi connectivity index (χ0n) is 6.71. The van der Waals surface area contributed by atoms with Crippen LogP contribution in [0.2, 0.25) is 0 Å². The summed E-state index contributed by atoms with van der Waals surface area (Å²) >= 11 is 6.26. The van der Waals surface area contributed by atoms with Crippen LogP contribution in [0.15, 0.2) is 5.38 Å². The Labute approximate surface area is 82.7 Å². The van der Waals surface area contributed by atoms with Crippen molar-refractivity contribution in [2.75, 3.05) is 0 Å². The van der Waals surface area contributed by atoms with Crippen molar-refractivity contribution in [1.29, 1.82) is 0 Å². The molecule has 2 aromatic heterocycles. The average Bonchev–Trinajstić information content (AvgIpc) is 2.72. The van der Waals surface area contributed by atoms with E-state index in [2.05, 4.69) is 25.1 Å². The topological polar surface area (TPSA) is 72.3 Å². The molecule has 0 saturated carbocycles. The minimum Gasteiger partial charge on any atom is -0.233 e. The van der Waals surface area contributed by atoms with Crippen LogP contribution in [-0.2, 0) is 0 Å². The van der Waals surface area contributed by atoms with Crippen LogP contribution in [0.3, 0.4) is 0 Å². The third-order valence-corrected chi connectivity index (χ3v) is 2.49. The van der Waals surface area contributed by atoms with E-state index in [1.807, 2.05) is 12.3 Å². The SMILES string of the molecule is CC(c1csnn1)n1[nH]nnc1=S. The molecule has 1 atom stereocenters. The molecule has 2 rings (SSSR count). The number of nitrogens with one attached hydrogen (secondary N) is 1. The van der Waals surface area contributed by atoms with Crippen molar-refractivity contribution in [2.24, 2.45) is 0 Å². The molecule has 0 aliphatic heterocycles.